The number of nitrogens with zero attached hydrogens (tertiary/aromatic N) is 4. The maximum absolute atomic E-state index is 13.2. The van der Waals surface area contributed by atoms with E-state index >= 15 is 0 Å². The van der Waals surface area contributed by atoms with Gasteiger partial charge < -0.3 is 21.3 Å². The van der Waals surface area contributed by atoms with Crippen molar-refractivity contribution in [2.45, 2.75) is 24.0 Å². The van der Waals surface area contributed by atoms with Gasteiger partial charge in [-0.25, -0.2) is 18.4 Å². The Kier molecular flexibility index (Phi) is 9.81. The van der Waals surface area contributed by atoms with Gasteiger partial charge in [-0.05, 0) is 73.1 Å². The summed E-state index contributed by atoms with van der Waals surface area (Å²) in [6, 6.07) is 13.7. The van der Waals surface area contributed by atoms with Gasteiger partial charge in [-0.1, -0.05) is 12.1 Å². The van der Waals surface area contributed by atoms with Crippen LogP contribution in [-0.4, -0.2) is 67.9 Å². The fourth-order valence-electron chi connectivity index (χ4n) is 4.17. The van der Waals surface area contributed by atoms with E-state index in [-0.39, 0.29) is 42.8 Å². The van der Waals surface area contributed by atoms with Crippen molar-refractivity contribution < 1.29 is 26.4 Å². The summed E-state index contributed by atoms with van der Waals surface area (Å²) >= 11 is 5.68. The normalized spacial score (nSPS) is 14.7. The van der Waals surface area contributed by atoms with Crippen LogP contribution in [0.1, 0.15) is 28.0 Å². The minimum atomic E-state index is -4.69. The third kappa shape index (κ3) is 7.92. The highest BCUT2D eigenvalue weighted by molar-refractivity contribution is 7.89. The lowest BCUT2D eigenvalue weighted by molar-refractivity contribution is -0.141. The Bertz CT molecular complexity index is 1450. The van der Waals surface area contributed by atoms with Crippen LogP contribution in [-0.2, 0) is 22.7 Å². The summed E-state index contributed by atoms with van der Waals surface area (Å²) < 4.78 is 66.9. The molecule has 0 spiro atoms. The first kappa shape index (κ1) is 30.7. The van der Waals surface area contributed by atoms with E-state index in [2.05, 4.69) is 20.6 Å². The summed E-state index contributed by atoms with van der Waals surface area (Å²) in [5.74, 6) is -0.360. The first-order chi connectivity index (χ1) is 19.5. The predicted molar refractivity (Wildman–Crippen MR) is 149 cm³/mol. The number of nitrogens with two attached hydrogens (primary N) is 1. The van der Waals surface area contributed by atoms with E-state index in [1.165, 1.54) is 33.5 Å². The van der Waals surface area contributed by atoms with Crippen LogP contribution < -0.4 is 21.3 Å². The lowest BCUT2D eigenvalue weighted by Crippen LogP contribution is -2.49. The number of rotatable bonds is 10. The van der Waals surface area contributed by atoms with Crippen molar-refractivity contribution in [1.29, 1.82) is 0 Å². The molecule has 2 aromatic carbocycles. The van der Waals surface area contributed by atoms with E-state index in [1.807, 2.05) is 12.1 Å². The van der Waals surface area contributed by atoms with Crippen LogP contribution in [0.5, 0.6) is 0 Å². The Morgan fingerprint density at radius 3 is 2.27 bits per heavy atom. The van der Waals surface area contributed by atoms with E-state index in [4.69, 9.17) is 17.3 Å². The van der Waals surface area contributed by atoms with Gasteiger partial charge in [0.2, 0.25) is 15.3 Å². The highest BCUT2D eigenvalue weighted by Gasteiger charge is 2.35. The number of nitrogens with one attached hydrogen (secondary N) is 2. The van der Waals surface area contributed by atoms with Crippen LogP contribution in [0.4, 0.5) is 24.7 Å². The van der Waals surface area contributed by atoms with E-state index in [0.717, 1.165) is 24.6 Å². The van der Waals surface area contributed by atoms with Crippen molar-refractivity contribution in [2.24, 2.45) is 5.73 Å². The average molecular weight is 612 g/mol. The van der Waals surface area contributed by atoms with Crippen molar-refractivity contribution in [2.75, 3.05) is 49.5 Å². The maximum Gasteiger partial charge on any atom is 0.433 e. The van der Waals surface area contributed by atoms with Gasteiger partial charge in [-0.3, -0.25) is 4.79 Å². The van der Waals surface area contributed by atoms with Gasteiger partial charge >= 0.3 is 6.18 Å². The van der Waals surface area contributed by atoms with E-state index in [1.54, 1.807) is 12.1 Å². The van der Waals surface area contributed by atoms with E-state index in [9.17, 15) is 26.4 Å². The van der Waals surface area contributed by atoms with Gasteiger partial charge in [0, 0.05) is 50.0 Å². The van der Waals surface area contributed by atoms with Crippen LogP contribution >= 0.6 is 11.6 Å². The number of carbonyl (C=O) groups is 1. The molecular weight excluding hydrogens is 583 g/mol. The van der Waals surface area contributed by atoms with Gasteiger partial charge in [-0.15, -0.1) is 0 Å². The van der Waals surface area contributed by atoms with Crippen molar-refractivity contribution in [1.82, 2.24) is 19.6 Å². The summed E-state index contributed by atoms with van der Waals surface area (Å²) in [5.41, 5.74) is 6.22. The number of hydrogen-bond acceptors (Lipinski definition) is 8. The zero-order valence-corrected chi connectivity index (χ0v) is 23.4. The zero-order valence-electron chi connectivity index (χ0n) is 21.9. The molecule has 1 saturated heterocycles. The number of anilines is 2. The second-order valence-corrected chi connectivity index (χ2v) is 11.5. The highest BCUT2D eigenvalue weighted by atomic mass is 35.5. The lowest BCUT2D eigenvalue weighted by Gasteiger charge is -2.34. The molecule has 1 aliphatic heterocycles. The predicted octanol–water partition coefficient (Wildman–Crippen LogP) is 3.35. The molecule has 220 valence electrons. The van der Waals surface area contributed by atoms with Gasteiger partial charge in [0.15, 0.2) is 5.69 Å². The van der Waals surface area contributed by atoms with Gasteiger partial charge in [0.05, 0.1) is 4.90 Å². The average Bonchev–Trinajstić information content (AvgIpc) is 2.95. The molecule has 1 aliphatic rings. The topological polar surface area (TPSA) is 134 Å². The number of carbonyl (C=O) groups excluding carboxylic acids is 1. The van der Waals surface area contributed by atoms with Crippen LogP contribution in [0.25, 0.3) is 0 Å². The number of alkyl halides is 3. The van der Waals surface area contributed by atoms with Gasteiger partial charge in [0.25, 0.3) is 5.91 Å². The molecule has 15 heteroatoms. The second-order valence-electron chi connectivity index (χ2n) is 9.26. The Morgan fingerprint density at radius 1 is 1.00 bits per heavy atom. The molecule has 1 fully saturated rings. The third-order valence-electron chi connectivity index (χ3n) is 6.39. The molecule has 1 amide bonds. The number of sulfonamides is 1. The molecule has 0 radical (unpaired) electrons. The van der Waals surface area contributed by atoms with Crippen LogP contribution in [0, 0.1) is 0 Å². The first-order valence-corrected chi connectivity index (χ1v) is 14.6. The molecule has 1 aromatic heterocycles. The monoisotopic (exact) mass is 611 g/mol. The Labute approximate surface area is 240 Å². The zero-order chi connectivity index (χ0) is 29.6. The summed E-state index contributed by atoms with van der Waals surface area (Å²) in [6.07, 6.45) is -3.81. The SMILES string of the molecule is NCCCNCc1ccc(C(=O)Nc2ccc(S(=O)(=O)N3CCN(c4cc(C(F)(F)F)nc(Cl)n4)CC3)cc2)cc1. The van der Waals surface area contributed by atoms with Crippen molar-refractivity contribution in [3.63, 3.8) is 0 Å². The number of halogens is 4. The van der Waals surface area contributed by atoms with Crippen molar-refractivity contribution in [3.05, 3.63) is 76.7 Å². The third-order valence-corrected chi connectivity index (χ3v) is 8.47. The second kappa shape index (κ2) is 13.1. The molecule has 41 heavy (non-hydrogen) atoms. The molecule has 0 bridgehead atoms. The summed E-state index contributed by atoms with van der Waals surface area (Å²) in [4.78, 5) is 21.3. The Morgan fingerprint density at radius 2 is 1.66 bits per heavy atom. The molecule has 4 N–H and O–H groups in total. The molecule has 3 aromatic rings. The molecule has 0 saturated carbocycles. The number of benzene rings is 2. The lowest BCUT2D eigenvalue weighted by atomic mass is 10.1. The fraction of sp³-hybridized carbons (Fsp3) is 0.346. The fourth-order valence-corrected chi connectivity index (χ4v) is 5.77. The van der Waals surface area contributed by atoms with E-state index in [0.29, 0.717) is 24.3 Å². The molecule has 0 aliphatic carbocycles. The van der Waals surface area contributed by atoms with Crippen LogP contribution in [0.3, 0.4) is 0 Å². The molecule has 2 heterocycles. The minimum absolute atomic E-state index is 0.0247. The Hall–Kier alpha value is -3.30. The highest BCUT2D eigenvalue weighted by Crippen LogP contribution is 2.31. The first-order valence-electron chi connectivity index (χ1n) is 12.8. The van der Waals surface area contributed by atoms with Gasteiger partial charge in [-0.2, -0.15) is 17.5 Å². The molecular formula is C26H29ClF3N7O3S. The molecule has 0 unspecified atom stereocenters. The molecule has 4 rings (SSSR count). The maximum atomic E-state index is 13.2. The summed E-state index contributed by atoms with van der Waals surface area (Å²) in [6.45, 7) is 2.38. The Balaban J connectivity index is 1.34. The van der Waals surface area contributed by atoms with E-state index < -0.39 is 27.2 Å². The number of hydrogen-bond donors (Lipinski definition) is 3. The molecule has 0 atom stereocenters. The van der Waals surface area contributed by atoms with Crippen molar-refractivity contribution in [3.8, 4) is 0 Å². The number of piperazine rings is 1. The van der Waals surface area contributed by atoms with Crippen molar-refractivity contribution >= 4 is 39.0 Å². The number of amides is 1. The molecule has 10 nitrogen and oxygen atoms in total. The summed E-state index contributed by atoms with van der Waals surface area (Å²) in [5, 5.41) is 5.48. The number of aromatic nitrogens is 2. The van der Waals surface area contributed by atoms with Gasteiger partial charge in [0.1, 0.15) is 5.82 Å². The smallest absolute Gasteiger partial charge is 0.354 e. The standard InChI is InChI=1S/C26H29ClF3N7O3S/c27-25-34-22(26(28,29)30)16-23(35-25)36-12-14-37(15-13-36)41(39,40)21-8-6-20(7-9-21)33-24(38)19-4-2-18(3-5-19)17-32-11-1-10-31/h2-9,16,32H,1,10-15,17,31H2,(H,33,38). The minimum Gasteiger partial charge on any atom is -0.354 e. The quantitative estimate of drug-likeness (QED) is 0.235. The van der Waals surface area contributed by atoms with Crippen LogP contribution in [0.15, 0.2) is 59.5 Å². The largest absolute Gasteiger partial charge is 0.433 e. The van der Waals surface area contributed by atoms with Crippen LogP contribution in [0.2, 0.25) is 5.28 Å². The summed E-state index contributed by atoms with van der Waals surface area (Å²) in [7, 11) is -3.88.